The molecule has 1 N–H and O–H groups in total. The molecule has 0 fully saturated rings. The summed E-state index contributed by atoms with van der Waals surface area (Å²) in [7, 11) is -4.09. The van der Waals surface area contributed by atoms with Crippen molar-refractivity contribution in [2.45, 2.75) is 4.90 Å². The highest BCUT2D eigenvalue weighted by Crippen LogP contribution is 2.23. The third kappa shape index (κ3) is 3.30. The van der Waals surface area contributed by atoms with Gasteiger partial charge in [0.05, 0.1) is 11.1 Å². The van der Waals surface area contributed by atoms with E-state index in [9.17, 15) is 17.2 Å². The molecule has 0 saturated carbocycles. The van der Waals surface area contributed by atoms with Crippen LogP contribution in [0.1, 0.15) is 0 Å². The fraction of sp³-hybridized carbons (Fsp3) is 0. The fourth-order valence-electron chi connectivity index (χ4n) is 1.25. The van der Waals surface area contributed by atoms with E-state index in [-0.39, 0.29) is 10.4 Å². The second-order valence-corrected chi connectivity index (χ2v) is 6.76. The highest BCUT2D eigenvalue weighted by Gasteiger charge is 2.19. The Hall–Kier alpha value is -1.13. The van der Waals surface area contributed by atoms with Gasteiger partial charge in [0.15, 0.2) is 22.1 Å². The van der Waals surface area contributed by atoms with Gasteiger partial charge < -0.3 is 0 Å². The van der Waals surface area contributed by atoms with Gasteiger partial charge in [-0.25, -0.2) is 27.2 Å². The van der Waals surface area contributed by atoms with Gasteiger partial charge in [0.25, 0.3) is 10.0 Å². The number of anilines is 1. The molecular formula is C10H5Br2F2N3O2S. The maximum atomic E-state index is 13.1. The van der Waals surface area contributed by atoms with E-state index in [1.807, 2.05) is 0 Å². The Morgan fingerprint density at radius 2 is 1.85 bits per heavy atom. The maximum absolute atomic E-state index is 13.1. The summed E-state index contributed by atoms with van der Waals surface area (Å²) in [6.07, 6.45) is 1.29. The number of hydrogen-bond acceptors (Lipinski definition) is 4. The maximum Gasteiger partial charge on any atom is 0.263 e. The second kappa shape index (κ2) is 5.70. The Bertz CT molecular complexity index is 771. The zero-order valence-electron chi connectivity index (χ0n) is 9.44. The first-order valence-corrected chi connectivity index (χ1v) is 8.02. The van der Waals surface area contributed by atoms with Crippen LogP contribution in [0.4, 0.5) is 14.6 Å². The number of sulfonamides is 1. The average Bonchev–Trinajstić information content (AvgIpc) is 2.36. The van der Waals surface area contributed by atoms with Crippen molar-refractivity contribution in [2.75, 3.05) is 4.72 Å². The summed E-state index contributed by atoms with van der Waals surface area (Å²) in [5.74, 6) is -2.46. The van der Waals surface area contributed by atoms with Crippen molar-refractivity contribution in [3.05, 3.63) is 45.2 Å². The summed E-state index contributed by atoms with van der Waals surface area (Å²) in [4.78, 5) is 7.28. The Kier molecular flexibility index (Phi) is 4.35. The van der Waals surface area contributed by atoms with Crippen molar-refractivity contribution >= 4 is 47.7 Å². The summed E-state index contributed by atoms with van der Waals surface area (Å²) >= 11 is 6.10. The molecule has 106 valence electrons. The molecule has 1 heterocycles. The summed E-state index contributed by atoms with van der Waals surface area (Å²) in [5.41, 5.74) is 0. The van der Waals surface area contributed by atoms with Crippen LogP contribution in [0.5, 0.6) is 0 Å². The number of nitrogens with one attached hydrogen (secondary N) is 1. The lowest BCUT2D eigenvalue weighted by molar-refractivity contribution is 0.504. The van der Waals surface area contributed by atoms with E-state index in [0.717, 1.165) is 12.1 Å². The predicted molar refractivity (Wildman–Crippen MR) is 74.6 cm³/mol. The van der Waals surface area contributed by atoms with Crippen LogP contribution in [-0.2, 0) is 10.0 Å². The van der Waals surface area contributed by atoms with E-state index in [4.69, 9.17) is 0 Å². The van der Waals surface area contributed by atoms with Crippen LogP contribution >= 0.6 is 31.9 Å². The minimum Gasteiger partial charge on any atom is -0.261 e. The molecular weight excluding hydrogens is 424 g/mol. The first-order chi connectivity index (χ1) is 9.29. The molecule has 0 atom stereocenters. The predicted octanol–water partition coefficient (Wildman–Crippen LogP) is 3.08. The van der Waals surface area contributed by atoms with Crippen LogP contribution in [0.25, 0.3) is 0 Å². The molecule has 0 radical (unpaired) electrons. The van der Waals surface area contributed by atoms with E-state index in [1.165, 1.54) is 6.20 Å². The van der Waals surface area contributed by atoms with Gasteiger partial charge in [0, 0.05) is 0 Å². The van der Waals surface area contributed by atoms with E-state index in [2.05, 4.69) is 46.5 Å². The molecule has 0 saturated heterocycles. The Labute approximate surface area is 129 Å². The van der Waals surface area contributed by atoms with Gasteiger partial charge in [-0.1, -0.05) is 0 Å². The normalized spacial score (nSPS) is 11.4. The Morgan fingerprint density at radius 1 is 1.15 bits per heavy atom. The molecule has 20 heavy (non-hydrogen) atoms. The average molecular weight is 429 g/mol. The van der Waals surface area contributed by atoms with Crippen molar-refractivity contribution in [2.24, 2.45) is 0 Å². The molecule has 0 aliphatic rings. The highest BCUT2D eigenvalue weighted by atomic mass is 79.9. The molecule has 1 aromatic carbocycles. The number of hydrogen-bond donors (Lipinski definition) is 1. The number of halogens is 4. The number of aromatic nitrogens is 2. The van der Waals surface area contributed by atoms with Crippen molar-refractivity contribution in [3.63, 3.8) is 0 Å². The lowest BCUT2D eigenvalue weighted by atomic mass is 10.3. The SMILES string of the molecule is O=S(=O)(Nc1ncc(Br)nc1Br)c1ccc(F)c(F)c1. The van der Waals surface area contributed by atoms with Crippen molar-refractivity contribution in [1.82, 2.24) is 9.97 Å². The van der Waals surface area contributed by atoms with Crippen LogP contribution < -0.4 is 4.72 Å². The molecule has 1 aromatic heterocycles. The third-order valence-corrected chi connectivity index (χ3v) is 4.40. The second-order valence-electron chi connectivity index (χ2n) is 3.51. The minimum absolute atomic E-state index is 0.0714. The number of nitrogens with zero attached hydrogens (tertiary/aromatic N) is 2. The molecule has 0 aliphatic heterocycles. The quantitative estimate of drug-likeness (QED) is 0.815. The summed E-state index contributed by atoms with van der Waals surface area (Å²) in [5, 5.41) is 0. The van der Waals surface area contributed by atoms with Gasteiger partial charge in [0.2, 0.25) is 0 Å². The third-order valence-electron chi connectivity index (χ3n) is 2.13. The molecule has 0 spiro atoms. The van der Waals surface area contributed by atoms with Crippen molar-refractivity contribution in [3.8, 4) is 0 Å². The molecule has 0 bridgehead atoms. The molecule has 2 aromatic rings. The molecule has 0 amide bonds. The standard InChI is InChI=1S/C10H5Br2F2N3O2S/c11-8-4-15-10(9(12)16-8)17-20(18,19)5-1-2-6(13)7(14)3-5/h1-4H,(H,15,17). The molecule has 2 rings (SSSR count). The zero-order valence-corrected chi connectivity index (χ0v) is 13.4. The topological polar surface area (TPSA) is 72.0 Å². The summed E-state index contributed by atoms with van der Waals surface area (Å²) < 4.78 is 52.5. The van der Waals surface area contributed by atoms with Gasteiger partial charge in [-0.05, 0) is 50.1 Å². The molecule has 0 unspecified atom stereocenters. The minimum atomic E-state index is -4.09. The van der Waals surface area contributed by atoms with Gasteiger partial charge in [-0.2, -0.15) is 0 Å². The first-order valence-electron chi connectivity index (χ1n) is 4.95. The van der Waals surface area contributed by atoms with Crippen LogP contribution in [-0.4, -0.2) is 18.4 Å². The van der Waals surface area contributed by atoms with Gasteiger partial charge >= 0.3 is 0 Å². The van der Waals surface area contributed by atoms with Crippen LogP contribution in [0.3, 0.4) is 0 Å². The highest BCUT2D eigenvalue weighted by molar-refractivity contribution is 9.11. The van der Waals surface area contributed by atoms with Gasteiger partial charge in [0.1, 0.15) is 4.60 Å². The monoisotopic (exact) mass is 427 g/mol. The van der Waals surface area contributed by atoms with Crippen LogP contribution in [0, 0.1) is 11.6 Å². The molecule has 0 aliphatic carbocycles. The van der Waals surface area contributed by atoms with Gasteiger partial charge in [-0.3, -0.25) is 4.72 Å². The van der Waals surface area contributed by atoms with Crippen LogP contribution in [0.15, 0.2) is 38.5 Å². The summed E-state index contributed by atoms with van der Waals surface area (Å²) in [6.45, 7) is 0. The van der Waals surface area contributed by atoms with E-state index in [0.29, 0.717) is 10.7 Å². The summed E-state index contributed by atoms with van der Waals surface area (Å²) in [6, 6.07) is 2.25. The Balaban J connectivity index is 2.38. The Morgan fingerprint density at radius 3 is 2.45 bits per heavy atom. The smallest absolute Gasteiger partial charge is 0.261 e. The molecule has 10 heteroatoms. The zero-order chi connectivity index (χ0) is 14.9. The van der Waals surface area contributed by atoms with Crippen molar-refractivity contribution < 1.29 is 17.2 Å². The first kappa shape index (κ1) is 15.3. The number of benzene rings is 1. The van der Waals surface area contributed by atoms with Crippen LogP contribution in [0.2, 0.25) is 0 Å². The fourth-order valence-corrected chi connectivity index (χ4v) is 3.31. The van der Waals surface area contributed by atoms with Crippen molar-refractivity contribution in [1.29, 1.82) is 0 Å². The number of rotatable bonds is 3. The van der Waals surface area contributed by atoms with E-state index in [1.54, 1.807) is 0 Å². The molecule has 5 nitrogen and oxygen atoms in total. The van der Waals surface area contributed by atoms with E-state index >= 15 is 0 Å². The largest absolute Gasteiger partial charge is 0.263 e. The lowest BCUT2D eigenvalue weighted by Crippen LogP contribution is -2.15. The lowest BCUT2D eigenvalue weighted by Gasteiger charge is -2.08. The van der Waals surface area contributed by atoms with Gasteiger partial charge in [-0.15, -0.1) is 0 Å². The van der Waals surface area contributed by atoms with E-state index < -0.39 is 26.6 Å².